The molecule has 6 heteroatoms. The van der Waals surface area contributed by atoms with Crippen LogP contribution in [0.2, 0.25) is 0 Å². The number of carbonyl (C=O) groups excluding carboxylic acids is 2. The Kier molecular flexibility index (Phi) is 4.92. The molecule has 2 rings (SSSR count). The summed E-state index contributed by atoms with van der Waals surface area (Å²) < 4.78 is 0. The number of imide groups is 1. The molecule has 1 aliphatic heterocycles. The van der Waals surface area contributed by atoms with Crippen LogP contribution in [0.15, 0.2) is 18.3 Å². The minimum Gasteiger partial charge on any atom is -0.357 e. The summed E-state index contributed by atoms with van der Waals surface area (Å²) in [6, 6.07) is 3.60. The lowest BCUT2D eigenvalue weighted by Gasteiger charge is -2.37. The summed E-state index contributed by atoms with van der Waals surface area (Å²) in [5, 5.41) is 2.40. The quantitative estimate of drug-likeness (QED) is 0.747. The molecule has 20 heavy (non-hydrogen) atoms. The Bertz CT molecular complexity index is 456. The highest BCUT2D eigenvalue weighted by atomic mass is 16.2. The maximum atomic E-state index is 12.0. The zero-order valence-corrected chi connectivity index (χ0v) is 11.8. The van der Waals surface area contributed by atoms with Crippen LogP contribution in [0, 0.1) is 0 Å². The van der Waals surface area contributed by atoms with Gasteiger partial charge in [-0.1, -0.05) is 6.42 Å². The van der Waals surface area contributed by atoms with Crippen LogP contribution in [0.1, 0.15) is 36.7 Å². The normalized spacial score (nSPS) is 21.4. The number of hydrogen-bond donors (Lipinski definition) is 3. The molecular formula is C14H22N4O2. The van der Waals surface area contributed by atoms with Crippen LogP contribution < -0.4 is 11.1 Å². The Hall–Kier alpha value is -1.66. The Balaban J connectivity index is 1.88. The SMILES string of the molecule is CC(N)C1CCCCN1CC(=O)NC(=O)c1ccc[nH]1. The molecular weight excluding hydrogens is 256 g/mol. The number of piperidine rings is 1. The van der Waals surface area contributed by atoms with Crippen molar-refractivity contribution in [3.63, 3.8) is 0 Å². The molecule has 1 aromatic rings. The Morgan fingerprint density at radius 1 is 1.55 bits per heavy atom. The third-order valence-electron chi connectivity index (χ3n) is 3.71. The number of carbonyl (C=O) groups is 2. The average Bonchev–Trinajstić information content (AvgIpc) is 2.92. The Morgan fingerprint density at radius 3 is 3.00 bits per heavy atom. The molecule has 2 amide bonds. The number of hydrogen-bond acceptors (Lipinski definition) is 4. The van der Waals surface area contributed by atoms with E-state index in [0.717, 1.165) is 25.8 Å². The van der Waals surface area contributed by atoms with Gasteiger partial charge >= 0.3 is 0 Å². The summed E-state index contributed by atoms with van der Waals surface area (Å²) in [7, 11) is 0. The van der Waals surface area contributed by atoms with Gasteiger partial charge in [-0.15, -0.1) is 0 Å². The van der Waals surface area contributed by atoms with Crippen LogP contribution in [0.25, 0.3) is 0 Å². The second-order valence-electron chi connectivity index (χ2n) is 5.35. The lowest BCUT2D eigenvalue weighted by Crippen LogP contribution is -2.52. The largest absolute Gasteiger partial charge is 0.357 e. The van der Waals surface area contributed by atoms with Gasteiger partial charge in [-0.2, -0.15) is 0 Å². The van der Waals surface area contributed by atoms with Gasteiger partial charge in [0.05, 0.1) is 6.54 Å². The third-order valence-corrected chi connectivity index (χ3v) is 3.71. The highest BCUT2D eigenvalue weighted by molar-refractivity contribution is 6.04. The smallest absolute Gasteiger partial charge is 0.274 e. The van der Waals surface area contributed by atoms with Crippen LogP contribution in [0.3, 0.4) is 0 Å². The summed E-state index contributed by atoms with van der Waals surface area (Å²) in [6.07, 6.45) is 4.87. The van der Waals surface area contributed by atoms with E-state index < -0.39 is 5.91 Å². The first-order chi connectivity index (χ1) is 9.58. The lowest BCUT2D eigenvalue weighted by atomic mass is 9.97. The summed E-state index contributed by atoms with van der Waals surface area (Å²) in [6.45, 7) is 3.04. The first-order valence-corrected chi connectivity index (χ1v) is 7.05. The van der Waals surface area contributed by atoms with E-state index in [1.807, 2.05) is 6.92 Å². The molecule has 1 aliphatic rings. The van der Waals surface area contributed by atoms with Gasteiger partial charge in [0.25, 0.3) is 5.91 Å². The van der Waals surface area contributed by atoms with E-state index in [-0.39, 0.29) is 24.5 Å². The van der Waals surface area contributed by atoms with Gasteiger partial charge in [-0.05, 0) is 38.4 Å². The van der Waals surface area contributed by atoms with Gasteiger partial charge in [-0.25, -0.2) is 0 Å². The summed E-state index contributed by atoms with van der Waals surface area (Å²) in [5.74, 6) is -0.675. The molecule has 0 radical (unpaired) electrons. The molecule has 0 bridgehead atoms. The van der Waals surface area contributed by atoms with Crippen LogP contribution in [-0.4, -0.2) is 46.9 Å². The van der Waals surface area contributed by atoms with Gasteiger partial charge in [-0.3, -0.25) is 19.8 Å². The van der Waals surface area contributed by atoms with Crippen LogP contribution in [0.5, 0.6) is 0 Å². The van der Waals surface area contributed by atoms with Crippen LogP contribution in [-0.2, 0) is 4.79 Å². The predicted octanol–water partition coefficient (Wildman–Crippen LogP) is 0.473. The summed E-state index contributed by atoms with van der Waals surface area (Å²) >= 11 is 0. The molecule has 0 saturated carbocycles. The van der Waals surface area contributed by atoms with Gasteiger partial charge in [0, 0.05) is 18.3 Å². The first kappa shape index (κ1) is 14.7. The molecule has 2 atom stereocenters. The molecule has 1 aromatic heterocycles. The minimum atomic E-state index is -0.394. The fraction of sp³-hybridized carbons (Fsp3) is 0.571. The second kappa shape index (κ2) is 6.67. The Morgan fingerprint density at radius 2 is 2.35 bits per heavy atom. The van der Waals surface area contributed by atoms with Crippen molar-refractivity contribution in [1.29, 1.82) is 0 Å². The standard InChI is InChI=1S/C14H22N4O2/c1-10(15)12-6-2-3-8-18(12)9-13(19)17-14(20)11-5-4-7-16-11/h4-5,7,10,12,16H,2-3,6,8-9,15H2,1H3,(H,17,19,20). The van der Waals surface area contributed by atoms with Gasteiger partial charge in [0.15, 0.2) is 0 Å². The topological polar surface area (TPSA) is 91.2 Å². The molecule has 1 fully saturated rings. The number of aromatic nitrogens is 1. The van der Waals surface area contributed by atoms with Crippen molar-refractivity contribution < 1.29 is 9.59 Å². The zero-order chi connectivity index (χ0) is 14.5. The van der Waals surface area contributed by atoms with E-state index in [1.165, 1.54) is 0 Å². The summed E-state index contributed by atoms with van der Waals surface area (Å²) in [5.41, 5.74) is 6.36. The van der Waals surface area contributed by atoms with Crippen LogP contribution in [0.4, 0.5) is 0 Å². The number of nitrogens with one attached hydrogen (secondary N) is 2. The molecule has 0 aromatic carbocycles. The fourth-order valence-corrected chi connectivity index (χ4v) is 2.70. The minimum absolute atomic E-state index is 0.0298. The van der Waals surface area contributed by atoms with Crippen molar-refractivity contribution in [2.45, 2.75) is 38.3 Å². The van der Waals surface area contributed by atoms with Crippen LogP contribution >= 0.6 is 0 Å². The first-order valence-electron chi connectivity index (χ1n) is 7.05. The number of amides is 2. The average molecular weight is 278 g/mol. The Labute approximate surface area is 118 Å². The molecule has 0 spiro atoms. The van der Waals surface area contributed by atoms with E-state index in [2.05, 4.69) is 15.2 Å². The number of H-pyrrole nitrogens is 1. The van der Waals surface area contributed by atoms with Gasteiger partial charge in [0.2, 0.25) is 5.91 Å². The number of aromatic amines is 1. The molecule has 2 heterocycles. The van der Waals surface area contributed by atoms with E-state index >= 15 is 0 Å². The van der Waals surface area contributed by atoms with Gasteiger partial charge in [0.1, 0.15) is 5.69 Å². The fourth-order valence-electron chi connectivity index (χ4n) is 2.70. The third kappa shape index (κ3) is 3.68. The monoisotopic (exact) mass is 278 g/mol. The highest BCUT2D eigenvalue weighted by Gasteiger charge is 2.27. The summed E-state index contributed by atoms with van der Waals surface area (Å²) in [4.78, 5) is 28.6. The van der Waals surface area contributed by atoms with Gasteiger partial charge < -0.3 is 10.7 Å². The van der Waals surface area contributed by atoms with E-state index in [1.54, 1.807) is 18.3 Å². The second-order valence-corrected chi connectivity index (χ2v) is 5.35. The van der Waals surface area contributed by atoms with Crippen molar-refractivity contribution in [1.82, 2.24) is 15.2 Å². The van der Waals surface area contributed by atoms with Crippen molar-refractivity contribution in [2.75, 3.05) is 13.1 Å². The molecule has 1 saturated heterocycles. The van der Waals surface area contributed by atoms with Crippen molar-refractivity contribution >= 4 is 11.8 Å². The van der Waals surface area contributed by atoms with E-state index in [0.29, 0.717) is 5.69 Å². The van der Waals surface area contributed by atoms with E-state index in [9.17, 15) is 9.59 Å². The number of nitrogens with zero attached hydrogens (tertiary/aromatic N) is 1. The zero-order valence-electron chi connectivity index (χ0n) is 11.8. The van der Waals surface area contributed by atoms with Crippen molar-refractivity contribution in [3.05, 3.63) is 24.0 Å². The number of likely N-dealkylation sites (tertiary alicyclic amines) is 1. The number of nitrogens with two attached hydrogens (primary N) is 1. The maximum Gasteiger partial charge on any atom is 0.274 e. The predicted molar refractivity (Wildman–Crippen MR) is 76.1 cm³/mol. The lowest BCUT2D eigenvalue weighted by molar-refractivity contribution is -0.122. The number of rotatable bonds is 4. The van der Waals surface area contributed by atoms with Crippen molar-refractivity contribution in [2.24, 2.45) is 5.73 Å². The molecule has 110 valence electrons. The van der Waals surface area contributed by atoms with E-state index in [4.69, 9.17) is 5.73 Å². The molecule has 6 nitrogen and oxygen atoms in total. The molecule has 4 N–H and O–H groups in total. The molecule has 2 unspecified atom stereocenters. The van der Waals surface area contributed by atoms with Crippen molar-refractivity contribution in [3.8, 4) is 0 Å². The maximum absolute atomic E-state index is 12.0. The molecule has 0 aliphatic carbocycles. The highest BCUT2D eigenvalue weighted by Crippen LogP contribution is 2.18.